The molecule has 1 amide bonds. The SMILES string of the molecule is O=C(C[C@H]1CC[C@H]2[C@@H](COC[C@H](O)CN2Cc2cc(F)ccc2F)O1)N[C@@H]1CCN(Cc2ccccc2)C1. The number of amides is 1. The summed E-state index contributed by atoms with van der Waals surface area (Å²) < 4.78 is 40.2. The summed E-state index contributed by atoms with van der Waals surface area (Å²) >= 11 is 0. The van der Waals surface area contributed by atoms with Crippen LogP contribution in [0, 0.1) is 11.6 Å². The average molecular weight is 530 g/mol. The van der Waals surface area contributed by atoms with E-state index in [1.165, 1.54) is 11.6 Å². The topological polar surface area (TPSA) is 74.3 Å². The van der Waals surface area contributed by atoms with Gasteiger partial charge in [-0.25, -0.2) is 8.78 Å². The zero-order valence-corrected chi connectivity index (χ0v) is 21.6. The lowest BCUT2D eigenvalue weighted by atomic mass is 9.94. The Morgan fingerprint density at radius 1 is 1.03 bits per heavy atom. The lowest BCUT2D eigenvalue weighted by Gasteiger charge is -2.44. The van der Waals surface area contributed by atoms with Gasteiger partial charge >= 0.3 is 0 Å². The second kappa shape index (κ2) is 12.6. The molecular formula is C29H37F2N3O4. The fraction of sp³-hybridized carbons (Fsp3) is 0.552. The van der Waals surface area contributed by atoms with Crippen molar-refractivity contribution in [3.05, 3.63) is 71.3 Å². The lowest BCUT2D eigenvalue weighted by Crippen LogP contribution is -2.55. The lowest BCUT2D eigenvalue weighted by molar-refractivity contribution is -0.158. The molecule has 3 fully saturated rings. The van der Waals surface area contributed by atoms with Gasteiger partial charge in [0.2, 0.25) is 5.91 Å². The number of carbonyl (C=O) groups is 1. The number of nitrogens with zero attached hydrogens (tertiary/aromatic N) is 2. The highest BCUT2D eigenvalue weighted by atomic mass is 19.1. The largest absolute Gasteiger partial charge is 0.389 e. The van der Waals surface area contributed by atoms with E-state index in [0.29, 0.717) is 12.8 Å². The summed E-state index contributed by atoms with van der Waals surface area (Å²) in [5, 5.41) is 13.5. The molecule has 9 heteroatoms. The quantitative estimate of drug-likeness (QED) is 0.575. The van der Waals surface area contributed by atoms with E-state index < -0.39 is 17.7 Å². The molecule has 0 aliphatic carbocycles. The van der Waals surface area contributed by atoms with Crippen LogP contribution in [0.25, 0.3) is 0 Å². The standard InChI is InChI=1S/C29H37F2N3O4/c30-22-6-8-26(31)21(12-22)15-34-17-24(35)18-37-19-28-27(34)9-7-25(38-28)13-29(36)32-23-10-11-33(16-23)14-20-4-2-1-3-5-20/h1-6,8,12,23-25,27-28,35H,7,9-11,13-19H2,(H,32,36)/t23-,24-,25-,27+,28-/m1/s1. The van der Waals surface area contributed by atoms with Crippen LogP contribution >= 0.6 is 0 Å². The van der Waals surface area contributed by atoms with Gasteiger partial charge in [-0.15, -0.1) is 0 Å². The smallest absolute Gasteiger partial charge is 0.222 e. The number of fused-ring (bicyclic) bond motifs is 1. The average Bonchev–Trinajstić information content (AvgIpc) is 3.32. The molecule has 0 aromatic heterocycles. The monoisotopic (exact) mass is 529 g/mol. The molecule has 0 unspecified atom stereocenters. The van der Waals surface area contributed by atoms with Crippen molar-refractivity contribution in [3.63, 3.8) is 0 Å². The number of halogens is 2. The highest BCUT2D eigenvalue weighted by molar-refractivity contribution is 5.76. The first-order valence-electron chi connectivity index (χ1n) is 13.6. The Bertz CT molecular complexity index is 1080. The number of benzene rings is 2. The normalized spacial score (nSPS) is 28.9. The van der Waals surface area contributed by atoms with Crippen molar-refractivity contribution >= 4 is 5.91 Å². The zero-order chi connectivity index (χ0) is 26.5. The number of nitrogens with one attached hydrogen (secondary N) is 1. The number of carbonyl (C=O) groups excluding carboxylic acids is 1. The molecule has 2 N–H and O–H groups in total. The van der Waals surface area contributed by atoms with Crippen molar-refractivity contribution in [3.8, 4) is 0 Å². The number of β-amino-alcohol motifs (C(OH)–C–C–N with tert-alkyl or cyclic N) is 1. The summed E-state index contributed by atoms with van der Waals surface area (Å²) in [6.45, 7) is 3.52. The Morgan fingerprint density at radius 3 is 2.71 bits per heavy atom. The van der Waals surface area contributed by atoms with Gasteiger partial charge in [0, 0.05) is 50.4 Å². The molecule has 0 radical (unpaired) electrons. The maximum absolute atomic E-state index is 14.4. The number of aliphatic hydroxyl groups excluding tert-OH is 1. The summed E-state index contributed by atoms with van der Waals surface area (Å²) in [5.41, 5.74) is 1.52. The van der Waals surface area contributed by atoms with Crippen molar-refractivity contribution in [2.45, 2.75) is 69.2 Å². The molecule has 0 saturated carbocycles. The van der Waals surface area contributed by atoms with E-state index in [1.807, 2.05) is 23.1 Å². The number of hydrogen-bond donors (Lipinski definition) is 2. The first kappa shape index (κ1) is 27.1. The number of likely N-dealkylation sites (tertiary alicyclic amines) is 1. The van der Waals surface area contributed by atoms with Gasteiger partial charge in [-0.1, -0.05) is 30.3 Å². The third-order valence-corrected chi connectivity index (χ3v) is 7.77. The molecule has 0 spiro atoms. The second-order valence-corrected chi connectivity index (χ2v) is 10.8. The Hall–Kier alpha value is -2.43. The van der Waals surface area contributed by atoms with Gasteiger partial charge in [-0.3, -0.25) is 14.6 Å². The van der Waals surface area contributed by atoms with E-state index in [2.05, 4.69) is 22.3 Å². The van der Waals surface area contributed by atoms with Gasteiger partial charge in [-0.05, 0) is 43.0 Å². The van der Waals surface area contributed by atoms with Crippen LogP contribution in [0.15, 0.2) is 48.5 Å². The number of hydrogen-bond acceptors (Lipinski definition) is 6. The summed E-state index contributed by atoms with van der Waals surface area (Å²) in [6, 6.07) is 13.8. The molecule has 3 saturated heterocycles. The summed E-state index contributed by atoms with van der Waals surface area (Å²) in [5.74, 6) is -0.984. The summed E-state index contributed by atoms with van der Waals surface area (Å²) in [7, 11) is 0. The third kappa shape index (κ3) is 7.15. The molecule has 2 aromatic carbocycles. The molecule has 206 valence electrons. The van der Waals surface area contributed by atoms with Crippen LogP contribution in [-0.4, -0.2) is 84.1 Å². The Labute approximate surface area is 222 Å². The van der Waals surface area contributed by atoms with E-state index in [0.717, 1.165) is 38.2 Å². The number of ether oxygens (including phenoxy) is 2. The number of aliphatic hydroxyl groups is 1. The zero-order valence-electron chi connectivity index (χ0n) is 21.6. The number of rotatable bonds is 7. The molecule has 7 nitrogen and oxygen atoms in total. The predicted octanol–water partition coefficient (Wildman–Crippen LogP) is 2.85. The fourth-order valence-corrected chi connectivity index (χ4v) is 5.94. The van der Waals surface area contributed by atoms with Crippen LogP contribution in [0.3, 0.4) is 0 Å². The molecule has 0 bridgehead atoms. The third-order valence-electron chi connectivity index (χ3n) is 7.77. The highest BCUT2D eigenvalue weighted by Crippen LogP contribution is 2.29. The molecule has 3 aliphatic rings. The van der Waals surface area contributed by atoms with Crippen molar-refractivity contribution in [1.82, 2.24) is 15.1 Å². The maximum atomic E-state index is 14.4. The van der Waals surface area contributed by atoms with Crippen LogP contribution in [0.2, 0.25) is 0 Å². The highest BCUT2D eigenvalue weighted by Gasteiger charge is 2.38. The minimum atomic E-state index is -0.732. The van der Waals surface area contributed by atoms with Gasteiger partial charge in [0.25, 0.3) is 0 Å². The van der Waals surface area contributed by atoms with Gasteiger partial charge < -0.3 is 19.9 Å². The molecular weight excluding hydrogens is 492 g/mol. The minimum absolute atomic E-state index is 0.0131. The van der Waals surface area contributed by atoms with E-state index in [-0.39, 0.29) is 68.5 Å². The molecule has 5 atom stereocenters. The Kier molecular flexibility index (Phi) is 9.01. The van der Waals surface area contributed by atoms with Gasteiger partial charge in [0.1, 0.15) is 11.6 Å². The molecule has 2 aromatic rings. The Balaban J connectivity index is 1.14. The minimum Gasteiger partial charge on any atom is -0.389 e. The van der Waals surface area contributed by atoms with Crippen LogP contribution in [0.1, 0.15) is 36.8 Å². The molecule has 3 heterocycles. The second-order valence-electron chi connectivity index (χ2n) is 10.8. The van der Waals surface area contributed by atoms with E-state index >= 15 is 0 Å². The first-order chi connectivity index (χ1) is 18.4. The van der Waals surface area contributed by atoms with E-state index in [1.54, 1.807) is 0 Å². The predicted molar refractivity (Wildman–Crippen MR) is 138 cm³/mol. The molecule has 38 heavy (non-hydrogen) atoms. The van der Waals surface area contributed by atoms with Crippen molar-refractivity contribution < 1.29 is 28.2 Å². The van der Waals surface area contributed by atoms with Gasteiger partial charge in [0.05, 0.1) is 37.9 Å². The Morgan fingerprint density at radius 2 is 1.87 bits per heavy atom. The summed E-state index contributed by atoms with van der Waals surface area (Å²) in [4.78, 5) is 17.2. The molecule has 5 rings (SSSR count). The van der Waals surface area contributed by atoms with E-state index in [9.17, 15) is 18.7 Å². The van der Waals surface area contributed by atoms with Crippen molar-refractivity contribution in [2.75, 3.05) is 32.8 Å². The van der Waals surface area contributed by atoms with Gasteiger partial charge in [0.15, 0.2) is 0 Å². The van der Waals surface area contributed by atoms with Crippen LogP contribution < -0.4 is 5.32 Å². The van der Waals surface area contributed by atoms with E-state index in [4.69, 9.17) is 9.47 Å². The van der Waals surface area contributed by atoms with Crippen LogP contribution in [-0.2, 0) is 27.4 Å². The van der Waals surface area contributed by atoms with Crippen molar-refractivity contribution in [2.24, 2.45) is 0 Å². The maximum Gasteiger partial charge on any atom is 0.222 e. The molecule has 3 aliphatic heterocycles. The van der Waals surface area contributed by atoms with Crippen molar-refractivity contribution in [1.29, 1.82) is 0 Å². The van der Waals surface area contributed by atoms with Crippen LogP contribution in [0.4, 0.5) is 8.78 Å². The fourth-order valence-electron chi connectivity index (χ4n) is 5.94. The summed E-state index contributed by atoms with van der Waals surface area (Å²) in [6.07, 6.45) is 1.29. The van der Waals surface area contributed by atoms with Gasteiger partial charge in [-0.2, -0.15) is 0 Å². The first-order valence-corrected chi connectivity index (χ1v) is 13.6. The van der Waals surface area contributed by atoms with Crippen LogP contribution in [0.5, 0.6) is 0 Å².